The van der Waals surface area contributed by atoms with Crippen LogP contribution in [0.4, 0.5) is 5.69 Å². The molecule has 2 N–H and O–H groups in total. The van der Waals surface area contributed by atoms with Gasteiger partial charge in [-0.15, -0.1) is 0 Å². The molecule has 0 saturated carbocycles. The minimum Gasteiger partial charge on any atom is -0.368 e. The number of nitrogens with two attached hydrogens (primary N) is 1. The minimum atomic E-state index is -0.176. The van der Waals surface area contributed by atoms with Gasteiger partial charge in [-0.1, -0.05) is 19.1 Å². The second kappa shape index (κ2) is 7.29. The number of benzene rings is 2. The Morgan fingerprint density at radius 3 is 2.30 bits per heavy atom. The summed E-state index contributed by atoms with van der Waals surface area (Å²) in [5, 5.41) is 1.80. The normalized spacial score (nSPS) is 17.9. The lowest BCUT2D eigenvalue weighted by Gasteiger charge is -2.37. The van der Waals surface area contributed by atoms with Gasteiger partial charge in [0.05, 0.1) is 0 Å². The van der Waals surface area contributed by atoms with Crippen LogP contribution in [0.15, 0.2) is 30.3 Å². The number of hydrogen-bond acceptors (Lipinski definition) is 5. The summed E-state index contributed by atoms with van der Waals surface area (Å²) in [6.45, 7) is 7.82. The smallest absolute Gasteiger partial charge is 0.261 e. The Morgan fingerprint density at radius 2 is 1.63 bits per heavy atom. The van der Waals surface area contributed by atoms with E-state index in [2.05, 4.69) is 9.80 Å². The van der Waals surface area contributed by atoms with Crippen molar-refractivity contribution < 1.29 is 9.59 Å². The number of piperazine rings is 1. The van der Waals surface area contributed by atoms with Crippen molar-refractivity contribution in [1.29, 1.82) is 0 Å². The molecule has 27 heavy (non-hydrogen) atoms. The van der Waals surface area contributed by atoms with Gasteiger partial charge in [-0.3, -0.25) is 19.4 Å². The molecule has 0 spiro atoms. The van der Waals surface area contributed by atoms with Crippen LogP contribution in [0.1, 0.15) is 34.1 Å². The number of carbonyl (C=O) groups is 2. The molecule has 0 aliphatic carbocycles. The summed E-state index contributed by atoms with van der Waals surface area (Å²) in [6.07, 6.45) is 0.758. The topological polar surface area (TPSA) is 69.9 Å². The number of carbonyl (C=O) groups excluding carboxylic acids is 2. The van der Waals surface area contributed by atoms with Crippen LogP contribution in [0.3, 0.4) is 0 Å². The third-order valence-corrected chi connectivity index (χ3v) is 5.57. The van der Waals surface area contributed by atoms with Crippen LogP contribution in [0.25, 0.3) is 10.8 Å². The lowest BCUT2D eigenvalue weighted by Crippen LogP contribution is -2.48. The summed E-state index contributed by atoms with van der Waals surface area (Å²) < 4.78 is 0. The summed E-state index contributed by atoms with van der Waals surface area (Å²) in [6, 6.07) is 9.72. The van der Waals surface area contributed by atoms with Gasteiger partial charge in [-0.25, -0.2) is 0 Å². The van der Waals surface area contributed by atoms with E-state index in [1.165, 1.54) is 4.90 Å². The third-order valence-electron chi connectivity index (χ3n) is 5.57. The zero-order valence-electron chi connectivity index (χ0n) is 15.8. The van der Waals surface area contributed by atoms with Gasteiger partial charge in [0.1, 0.15) is 0 Å². The number of hydrogen-bond donors (Lipinski definition) is 1. The maximum absolute atomic E-state index is 12.9. The molecule has 1 fully saturated rings. The largest absolute Gasteiger partial charge is 0.368 e. The molecule has 142 valence electrons. The van der Waals surface area contributed by atoms with E-state index in [9.17, 15) is 9.59 Å². The monoisotopic (exact) mass is 366 g/mol. The van der Waals surface area contributed by atoms with Gasteiger partial charge in [0.2, 0.25) is 0 Å². The molecule has 2 aromatic carbocycles. The molecule has 2 aromatic rings. The van der Waals surface area contributed by atoms with Crippen molar-refractivity contribution in [1.82, 2.24) is 9.80 Å². The van der Waals surface area contributed by atoms with Crippen LogP contribution < -0.4 is 10.6 Å². The van der Waals surface area contributed by atoms with Crippen molar-refractivity contribution in [2.45, 2.75) is 13.3 Å². The van der Waals surface area contributed by atoms with Gasteiger partial charge in [0, 0.05) is 73.4 Å². The molecule has 0 bridgehead atoms. The van der Waals surface area contributed by atoms with Crippen molar-refractivity contribution in [3.8, 4) is 0 Å². The van der Waals surface area contributed by atoms with E-state index in [1.54, 1.807) is 0 Å². The van der Waals surface area contributed by atoms with Crippen LogP contribution in [-0.4, -0.2) is 67.4 Å². The maximum Gasteiger partial charge on any atom is 0.261 e. The molecule has 6 nitrogen and oxygen atoms in total. The first-order valence-corrected chi connectivity index (χ1v) is 9.75. The third kappa shape index (κ3) is 2.99. The Hall–Kier alpha value is -2.44. The van der Waals surface area contributed by atoms with E-state index < -0.39 is 0 Å². The molecule has 6 heteroatoms. The van der Waals surface area contributed by atoms with Gasteiger partial charge >= 0.3 is 0 Å². The predicted octanol–water partition coefficient (Wildman–Crippen LogP) is 1.93. The van der Waals surface area contributed by atoms with Crippen LogP contribution in [0.5, 0.6) is 0 Å². The summed E-state index contributed by atoms with van der Waals surface area (Å²) in [4.78, 5) is 31.9. The molecule has 4 rings (SSSR count). The average Bonchev–Trinajstić information content (AvgIpc) is 2.70. The number of imide groups is 1. The first-order valence-electron chi connectivity index (χ1n) is 9.75. The lowest BCUT2D eigenvalue weighted by molar-refractivity contribution is 0.0610. The highest BCUT2D eigenvalue weighted by molar-refractivity contribution is 6.26. The quantitative estimate of drug-likeness (QED) is 0.819. The molecule has 2 heterocycles. The predicted molar refractivity (Wildman–Crippen MR) is 107 cm³/mol. The highest BCUT2D eigenvalue weighted by Gasteiger charge is 2.33. The van der Waals surface area contributed by atoms with Gasteiger partial charge in [0.15, 0.2) is 0 Å². The molecular formula is C21H26N4O2. The van der Waals surface area contributed by atoms with Crippen molar-refractivity contribution >= 4 is 28.3 Å². The highest BCUT2D eigenvalue weighted by atomic mass is 16.2. The van der Waals surface area contributed by atoms with Gasteiger partial charge in [-0.2, -0.15) is 0 Å². The number of nitrogens with zero attached hydrogens (tertiary/aromatic N) is 3. The summed E-state index contributed by atoms with van der Waals surface area (Å²) in [5.74, 6) is -0.352. The van der Waals surface area contributed by atoms with E-state index in [1.807, 2.05) is 37.3 Å². The van der Waals surface area contributed by atoms with Crippen molar-refractivity contribution in [3.05, 3.63) is 41.5 Å². The molecule has 0 unspecified atom stereocenters. The molecule has 0 radical (unpaired) electrons. The van der Waals surface area contributed by atoms with E-state index >= 15 is 0 Å². The molecular weight excluding hydrogens is 340 g/mol. The van der Waals surface area contributed by atoms with Crippen molar-refractivity contribution in [3.63, 3.8) is 0 Å². The standard InChI is InChI=1S/C21H26N4O2/c1-2-9-25-20(26)16-5-3-4-15-18(7-6-17(19(15)16)21(25)27)24-13-11-23(10-8-22)12-14-24/h3-7H,2,8-14,22H2,1H3. The van der Waals surface area contributed by atoms with Crippen LogP contribution in [0, 0.1) is 0 Å². The lowest BCUT2D eigenvalue weighted by atomic mass is 9.92. The Kier molecular flexibility index (Phi) is 4.85. The van der Waals surface area contributed by atoms with Gasteiger partial charge < -0.3 is 10.6 Å². The fraction of sp³-hybridized carbons (Fsp3) is 0.429. The molecule has 2 amide bonds. The van der Waals surface area contributed by atoms with Crippen LogP contribution in [0.2, 0.25) is 0 Å². The summed E-state index contributed by atoms with van der Waals surface area (Å²) in [5.41, 5.74) is 8.05. The number of amides is 2. The zero-order valence-corrected chi connectivity index (χ0v) is 15.8. The maximum atomic E-state index is 12.9. The summed E-state index contributed by atoms with van der Waals surface area (Å²) in [7, 11) is 0. The second-order valence-corrected chi connectivity index (χ2v) is 7.24. The molecule has 2 aliphatic rings. The van der Waals surface area contributed by atoms with E-state index in [4.69, 9.17) is 5.73 Å². The van der Waals surface area contributed by atoms with Crippen LogP contribution >= 0.6 is 0 Å². The molecule has 2 aliphatic heterocycles. The van der Waals surface area contributed by atoms with E-state index in [0.29, 0.717) is 24.2 Å². The fourth-order valence-corrected chi connectivity index (χ4v) is 4.23. The zero-order chi connectivity index (χ0) is 19.0. The average molecular weight is 366 g/mol. The SMILES string of the molecule is CCCN1C(=O)c2cccc3c(N4CCN(CCN)CC4)ccc(c23)C1=O. The van der Waals surface area contributed by atoms with E-state index in [0.717, 1.165) is 55.6 Å². The fourth-order valence-electron chi connectivity index (χ4n) is 4.23. The Morgan fingerprint density at radius 1 is 0.926 bits per heavy atom. The Bertz CT molecular complexity index is 865. The number of rotatable bonds is 5. The van der Waals surface area contributed by atoms with Crippen LogP contribution in [-0.2, 0) is 0 Å². The van der Waals surface area contributed by atoms with E-state index in [-0.39, 0.29) is 11.8 Å². The van der Waals surface area contributed by atoms with Crippen molar-refractivity contribution in [2.75, 3.05) is 50.7 Å². The minimum absolute atomic E-state index is 0.176. The number of anilines is 1. The first kappa shape index (κ1) is 17.9. The molecule has 1 saturated heterocycles. The first-order chi connectivity index (χ1) is 13.2. The second-order valence-electron chi connectivity index (χ2n) is 7.24. The van der Waals surface area contributed by atoms with Gasteiger partial charge in [0.25, 0.3) is 11.8 Å². The molecule has 0 atom stereocenters. The summed E-state index contributed by atoms with van der Waals surface area (Å²) >= 11 is 0. The Labute approximate surface area is 159 Å². The Balaban J connectivity index is 1.74. The van der Waals surface area contributed by atoms with Gasteiger partial charge in [-0.05, 0) is 24.6 Å². The highest BCUT2D eigenvalue weighted by Crippen LogP contribution is 2.36. The van der Waals surface area contributed by atoms with Crippen molar-refractivity contribution in [2.24, 2.45) is 5.73 Å². The molecule has 0 aromatic heterocycles.